The molecule has 0 aromatic heterocycles. The third kappa shape index (κ3) is 3.74. The smallest absolute Gasteiger partial charge is 0.315 e. The van der Waals surface area contributed by atoms with E-state index in [1.54, 1.807) is 0 Å². The van der Waals surface area contributed by atoms with Gasteiger partial charge >= 0.3 is 6.03 Å². The molecule has 2 amide bonds. The largest absolute Gasteiger partial charge is 0.334 e. The number of hydrogen-bond donors (Lipinski definition) is 2. The molecular weight excluding hydrogens is 296 g/mol. The number of benzene rings is 3. The number of rotatable bonds is 4. The van der Waals surface area contributed by atoms with Crippen LogP contribution in [-0.4, -0.2) is 6.03 Å². The number of carbonyl (C=O) groups excluding carboxylic acids is 1. The molecule has 3 rings (SSSR count). The standard InChI is InChI=1S/C21H22N2O/c1-15-10-12-17(13-11-15)14-22-21(24)23-16(2)19-9-5-7-18-6-3-4-8-20(18)19/h3-13,16H,14H2,1-2H3,(H2,22,23,24)/t16-/m1/s1. The molecule has 3 aromatic carbocycles. The van der Waals surface area contributed by atoms with Crippen LogP contribution in [0.2, 0.25) is 0 Å². The van der Waals surface area contributed by atoms with E-state index in [-0.39, 0.29) is 12.1 Å². The van der Waals surface area contributed by atoms with E-state index in [4.69, 9.17) is 0 Å². The van der Waals surface area contributed by atoms with Crippen molar-refractivity contribution in [1.29, 1.82) is 0 Å². The van der Waals surface area contributed by atoms with Gasteiger partial charge in [0.15, 0.2) is 0 Å². The lowest BCUT2D eigenvalue weighted by Gasteiger charge is -2.17. The molecule has 24 heavy (non-hydrogen) atoms. The van der Waals surface area contributed by atoms with Gasteiger partial charge in [-0.2, -0.15) is 0 Å². The first-order chi connectivity index (χ1) is 11.6. The van der Waals surface area contributed by atoms with Gasteiger partial charge in [-0.1, -0.05) is 72.3 Å². The van der Waals surface area contributed by atoms with Crippen LogP contribution < -0.4 is 10.6 Å². The summed E-state index contributed by atoms with van der Waals surface area (Å²) in [5.41, 5.74) is 3.43. The molecule has 122 valence electrons. The van der Waals surface area contributed by atoms with Crippen molar-refractivity contribution < 1.29 is 4.79 Å². The molecule has 0 heterocycles. The van der Waals surface area contributed by atoms with Crippen molar-refractivity contribution in [3.8, 4) is 0 Å². The zero-order chi connectivity index (χ0) is 16.9. The first-order valence-electron chi connectivity index (χ1n) is 8.21. The van der Waals surface area contributed by atoms with E-state index in [0.29, 0.717) is 6.54 Å². The maximum atomic E-state index is 12.2. The minimum atomic E-state index is -0.156. The van der Waals surface area contributed by atoms with Crippen LogP contribution in [-0.2, 0) is 6.54 Å². The number of aryl methyl sites for hydroxylation is 1. The fourth-order valence-corrected chi connectivity index (χ4v) is 2.84. The van der Waals surface area contributed by atoms with Crippen LogP contribution in [0.4, 0.5) is 4.79 Å². The second kappa shape index (κ2) is 7.18. The van der Waals surface area contributed by atoms with E-state index in [9.17, 15) is 4.79 Å². The molecule has 3 nitrogen and oxygen atoms in total. The molecule has 1 atom stereocenters. The van der Waals surface area contributed by atoms with Crippen molar-refractivity contribution in [1.82, 2.24) is 10.6 Å². The summed E-state index contributed by atoms with van der Waals surface area (Å²) in [4.78, 5) is 12.2. The summed E-state index contributed by atoms with van der Waals surface area (Å²) in [6.07, 6.45) is 0. The van der Waals surface area contributed by atoms with Gasteiger partial charge in [0, 0.05) is 6.54 Å². The molecule has 0 aliphatic heterocycles. The Morgan fingerprint density at radius 3 is 2.46 bits per heavy atom. The third-order valence-corrected chi connectivity index (χ3v) is 4.21. The summed E-state index contributed by atoms with van der Waals surface area (Å²) in [5.74, 6) is 0. The van der Waals surface area contributed by atoms with Crippen LogP contribution in [0.3, 0.4) is 0 Å². The van der Waals surface area contributed by atoms with E-state index < -0.39 is 0 Å². The number of carbonyl (C=O) groups is 1. The molecule has 0 fully saturated rings. The summed E-state index contributed by atoms with van der Waals surface area (Å²) in [6, 6.07) is 22.3. The van der Waals surface area contributed by atoms with Gasteiger partial charge in [0.05, 0.1) is 6.04 Å². The topological polar surface area (TPSA) is 41.1 Å². The van der Waals surface area contributed by atoms with Crippen molar-refractivity contribution in [2.75, 3.05) is 0 Å². The van der Waals surface area contributed by atoms with Gasteiger partial charge in [-0.05, 0) is 35.7 Å². The zero-order valence-corrected chi connectivity index (χ0v) is 14.0. The highest BCUT2D eigenvalue weighted by Gasteiger charge is 2.11. The summed E-state index contributed by atoms with van der Waals surface area (Å²) in [7, 11) is 0. The molecule has 0 spiro atoms. The fourth-order valence-electron chi connectivity index (χ4n) is 2.84. The van der Waals surface area contributed by atoms with E-state index in [1.807, 2.05) is 49.4 Å². The number of nitrogens with one attached hydrogen (secondary N) is 2. The van der Waals surface area contributed by atoms with Crippen LogP contribution in [0.25, 0.3) is 10.8 Å². The first kappa shape index (κ1) is 16.1. The van der Waals surface area contributed by atoms with Crippen molar-refractivity contribution in [2.24, 2.45) is 0 Å². The normalized spacial score (nSPS) is 11.9. The van der Waals surface area contributed by atoms with Gasteiger partial charge in [-0.25, -0.2) is 4.79 Å². The monoisotopic (exact) mass is 318 g/mol. The number of amides is 2. The van der Waals surface area contributed by atoms with E-state index in [0.717, 1.165) is 11.1 Å². The Hall–Kier alpha value is -2.81. The molecule has 3 aromatic rings. The summed E-state index contributed by atoms with van der Waals surface area (Å²) in [5, 5.41) is 8.29. The highest BCUT2D eigenvalue weighted by Crippen LogP contribution is 2.23. The lowest BCUT2D eigenvalue weighted by molar-refractivity contribution is 0.237. The van der Waals surface area contributed by atoms with Gasteiger partial charge in [0.1, 0.15) is 0 Å². The SMILES string of the molecule is Cc1ccc(CNC(=O)N[C@H](C)c2cccc3ccccc23)cc1. The molecule has 0 saturated carbocycles. The van der Waals surface area contributed by atoms with E-state index in [2.05, 4.69) is 41.8 Å². The Balaban J connectivity index is 1.64. The van der Waals surface area contributed by atoms with Gasteiger partial charge in [0.25, 0.3) is 0 Å². The van der Waals surface area contributed by atoms with Crippen molar-refractivity contribution in [3.63, 3.8) is 0 Å². The highest BCUT2D eigenvalue weighted by atomic mass is 16.2. The van der Waals surface area contributed by atoms with Crippen molar-refractivity contribution >= 4 is 16.8 Å². The summed E-state index contributed by atoms with van der Waals surface area (Å²) >= 11 is 0. The van der Waals surface area contributed by atoms with Gasteiger partial charge in [0.2, 0.25) is 0 Å². The van der Waals surface area contributed by atoms with Crippen LogP contribution in [0.5, 0.6) is 0 Å². The summed E-state index contributed by atoms with van der Waals surface area (Å²) in [6.45, 7) is 4.58. The Labute approximate surface area is 142 Å². The molecule has 0 aliphatic rings. The maximum Gasteiger partial charge on any atom is 0.315 e. The van der Waals surface area contributed by atoms with E-state index in [1.165, 1.54) is 16.3 Å². The first-order valence-corrected chi connectivity index (χ1v) is 8.21. The molecule has 3 heteroatoms. The molecule has 0 radical (unpaired) electrons. The predicted molar refractivity (Wildman–Crippen MR) is 98.9 cm³/mol. The van der Waals surface area contributed by atoms with Crippen molar-refractivity contribution in [3.05, 3.63) is 83.4 Å². The maximum absolute atomic E-state index is 12.2. The average Bonchev–Trinajstić information content (AvgIpc) is 2.60. The predicted octanol–water partition coefficient (Wildman–Crippen LogP) is 4.71. The van der Waals surface area contributed by atoms with E-state index >= 15 is 0 Å². The Morgan fingerprint density at radius 1 is 0.958 bits per heavy atom. The molecule has 0 aliphatic carbocycles. The Morgan fingerprint density at radius 2 is 1.67 bits per heavy atom. The van der Waals surface area contributed by atoms with Crippen molar-refractivity contribution in [2.45, 2.75) is 26.4 Å². The van der Waals surface area contributed by atoms with Crippen LogP contribution in [0.1, 0.15) is 29.7 Å². The lowest BCUT2D eigenvalue weighted by atomic mass is 10.00. The fraction of sp³-hybridized carbons (Fsp3) is 0.190. The number of fused-ring (bicyclic) bond motifs is 1. The average molecular weight is 318 g/mol. The molecule has 0 bridgehead atoms. The lowest BCUT2D eigenvalue weighted by Crippen LogP contribution is -2.36. The molecule has 2 N–H and O–H groups in total. The third-order valence-electron chi connectivity index (χ3n) is 4.21. The quantitative estimate of drug-likeness (QED) is 0.719. The number of hydrogen-bond acceptors (Lipinski definition) is 1. The Kier molecular flexibility index (Phi) is 4.80. The van der Waals surface area contributed by atoms with Gasteiger partial charge < -0.3 is 10.6 Å². The van der Waals surface area contributed by atoms with Crippen LogP contribution in [0, 0.1) is 6.92 Å². The molecular formula is C21H22N2O. The number of urea groups is 1. The zero-order valence-electron chi connectivity index (χ0n) is 14.0. The second-order valence-corrected chi connectivity index (χ2v) is 6.10. The minimum absolute atomic E-state index is 0.0610. The highest BCUT2D eigenvalue weighted by molar-refractivity contribution is 5.86. The van der Waals surface area contributed by atoms with Gasteiger partial charge in [-0.15, -0.1) is 0 Å². The molecule has 0 saturated heterocycles. The molecule has 0 unspecified atom stereocenters. The Bertz CT molecular complexity index is 835. The minimum Gasteiger partial charge on any atom is -0.334 e. The van der Waals surface area contributed by atoms with Gasteiger partial charge in [-0.3, -0.25) is 0 Å². The van der Waals surface area contributed by atoms with Crippen LogP contribution >= 0.6 is 0 Å². The summed E-state index contributed by atoms with van der Waals surface area (Å²) < 4.78 is 0. The van der Waals surface area contributed by atoms with Crippen LogP contribution in [0.15, 0.2) is 66.7 Å². The second-order valence-electron chi connectivity index (χ2n) is 6.10.